The van der Waals surface area contributed by atoms with Gasteiger partial charge < -0.3 is 13.9 Å². The molecule has 0 bridgehead atoms. The van der Waals surface area contributed by atoms with E-state index in [1.165, 1.54) is 70.0 Å². The second-order valence-corrected chi connectivity index (χ2v) is 17.0. The average molecular weight is 612 g/mol. The first kappa shape index (κ1) is 24.9. The fourth-order valence-corrected chi connectivity index (χ4v) is 11.3. The number of nitrogens with zero attached hydrogens (tertiary/aromatic N) is 2. The predicted octanol–water partition coefficient (Wildman–Crippen LogP) is 6.37. The van der Waals surface area contributed by atoms with E-state index >= 15 is 0 Å². The van der Waals surface area contributed by atoms with Crippen molar-refractivity contribution in [2.24, 2.45) is 0 Å². The maximum absolute atomic E-state index is 6.74. The zero-order valence-corrected chi connectivity index (χ0v) is 22.9. The van der Waals surface area contributed by atoms with Crippen molar-refractivity contribution in [1.29, 1.82) is 0 Å². The molecular weight excluding hydrogens is 572 g/mol. The summed E-state index contributed by atoms with van der Waals surface area (Å²) in [5.41, 5.74) is 6.63. The molecule has 0 N–H and O–H groups in total. The normalized spacial score (nSPS) is 23.5. The van der Waals surface area contributed by atoms with E-state index in [-0.39, 0.29) is 21.1 Å². The van der Waals surface area contributed by atoms with E-state index in [4.69, 9.17) is 4.12 Å². The van der Waals surface area contributed by atoms with Crippen LogP contribution in [0.1, 0.15) is 64.2 Å². The third kappa shape index (κ3) is 6.32. The SMILES string of the molecule is C=C[Si](C)(C)O[Si](C)(C=C)C=C1N(C2CCCCC2)C=CN1C1CCCCC1.[Pt]. The molecule has 1 aliphatic heterocycles. The summed E-state index contributed by atoms with van der Waals surface area (Å²) in [5, 5.41) is 0. The Bertz CT molecular complexity index is 594. The fraction of sp³-hybridized carbons (Fsp3) is 0.652. The van der Waals surface area contributed by atoms with Crippen molar-refractivity contribution in [1.82, 2.24) is 9.80 Å². The minimum Gasteiger partial charge on any atom is -0.446 e. The van der Waals surface area contributed by atoms with Gasteiger partial charge in [0.05, 0.1) is 0 Å². The van der Waals surface area contributed by atoms with Crippen LogP contribution in [0.2, 0.25) is 19.6 Å². The van der Waals surface area contributed by atoms with Crippen LogP contribution >= 0.6 is 0 Å². The molecule has 1 heterocycles. The van der Waals surface area contributed by atoms with Gasteiger partial charge in [0.15, 0.2) is 8.32 Å². The summed E-state index contributed by atoms with van der Waals surface area (Å²) in [6.45, 7) is 15.0. The van der Waals surface area contributed by atoms with Crippen LogP contribution in [0.25, 0.3) is 0 Å². The molecule has 0 aromatic heterocycles. The van der Waals surface area contributed by atoms with Gasteiger partial charge in [-0.05, 0) is 51.0 Å². The van der Waals surface area contributed by atoms with Gasteiger partial charge in [0.25, 0.3) is 0 Å². The van der Waals surface area contributed by atoms with Gasteiger partial charge in [0, 0.05) is 45.5 Å². The van der Waals surface area contributed by atoms with E-state index in [9.17, 15) is 0 Å². The Morgan fingerprint density at radius 3 is 1.66 bits per heavy atom. The zero-order chi connectivity index (χ0) is 20.2. The van der Waals surface area contributed by atoms with Crippen molar-refractivity contribution in [2.45, 2.75) is 95.9 Å². The van der Waals surface area contributed by atoms with E-state index < -0.39 is 16.6 Å². The first-order valence-electron chi connectivity index (χ1n) is 11.3. The first-order chi connectivity index (χ1) is 13.4. The van der Waals surface area contributed by atoms with Crippen molar-refractivity contribution in [3.63, 3.8) is 0 Å². The molecule has 29 heavy (non-hydrogen) atoms. The molecule has 2 aliphatic carbocycles. The van der Waals surface area contributed by atoms with Crippen LogP contribution < -0.4 is 0 Å². The summed E-state index contributed by atoms with van der Waals surface area (Å²) < 4.78 is 6.74. The molecule has 1 atom stereocenters. The van der Waals surface area contributed by atoms with Crippen molar-refractivity contribution in [2.75, 3.05) is 0 Å². The molecule has 0 spiro atoms. The molecule has 3 nitrogen and oxygen atoms in total. The summed E-state index contributed by atoms with van der Waals surface area (Å²) in [6.07, 6.45) is 18.1. The van der Waals surface area contributed by atoms with Gasteiger partial charge in [-0.25, -0.2) is 0 Å². The van der Waals surface area contributed by atoms with Gasteiger partial charge in [-0.2, -0.15) is 0 Å². The molecule has 0 aromatic carbocycles. The van der Waals surface area contributed by atoms with Crippen molar-refractivity contribution >= 4 is 16.6 Å². The van der Waals surface area contributed by atoms with Gasteiger partial charge in [-0.3, -0.25) is 0 Å². The van der Waals surface area contributed by atoms with Crippen LogP contribution in [0.15, 0.2) is 48.5 Å². The van der Waals surface area contributed by atoms with Gasteiger partial charge in [-0.1, -0.05) is 49.9 Å². The Kier molecular flexibility index (Phi) is 9.27. The fourth-order valence-electron chi connectivity index (χ4n) is 4.91. The van der Waals surface area contributed by atoms with Gasteiger partial charge in [0.1, 0.15) is 5.82 Å². The second kappa shape index (κ2) is 10.8. The van der Waals surface area contributed by atoms with Crippen LogP contribution in [0.5, 0.6) is 0 Å². The molecule has 0 saturated heterocycles. The Hall–Kier alpha value is -0.358. The Balaban J connectivity index is 0.00000300. The van der Waals surface area contributed by atoms with Gasteiger partial charge in [-0.15, -0.1) is 13.2 Å². The van der Waals surface area contributed by atoms with Crippen molar-refractivity contribution in [3.8, 4) is 0 Å². The molecule has 0 amide bonds. The summed E-state index contributed by atoms with van der Waals surface area (Å²) in [5.74, 6) is 1.38. The van der Waals surface area contributed by atoms with Gasteiger partial charge in [0.2, 0.25) is 8.32 Å². The quantitative estimate of drug-likeness (QED) is 0.312. The largest absolute Gasteiger partial charge is 0.446 e. The summed E-state index contributed by atoms with van der Waals surface area (Å²) in [6, 6.07) is 1.27. The first-order valence-corrected chi connectivity index (χ1v) is 16.9. The Morgan fingerprint density at radius 1 is 0.828 bits per heavy atom. The maximum Gasteiger partial charge on any atom is 0.230 e. The van der Waals surface area contributed by atoms with Crippen molar-refractivity contribution < 1.29 is 25.2 Å². The number of hydrogen-bond donors (Lipinski definition) is 0. The van der Waals surface area contributed by atoms with Crippen LogP contribution in [-0.4, -0.2) is 38.5 Å². The van der Waals surface area contributed by atoms with E-state index in [0.717, 1.165) is 0 Å². The molecule has 2 saturated carbocycles. The second-order valence-electron chi connectivity index (χ2n) is 9.50. The van der Waals surface area contributed by atoms with E-state index in [1.807, 2.05) is 5.70 Å². The molecule has 2 fully saturated rings. The Morgan fingerprint density at radius 2 is 1.28 bits per heavy atom. The molecule has 6 heteroatoms. The van der Waals surface area contributed by atoms with Crippen LogP contribution in [0, 0.1) is 0 Å². The summed E-state index contributed by atoms with van der Waals surface area (Å²) in [7, 11) is -4.06. The maximum atomic E-state index is 6.74. The third-order valence-corrected chi connectivity index (χ3v) is 13.1. The Labute approximate surface area is 195 Å². The van der Waals surface area contributed by atoms with E-state index in [1.54, 1.807) is 0 Å². The summed E-state index contributed by atoms with van der Waals surface area (Å²) >= 11 is 0. The molecule has 0 aromatic rings. The standard InChI is InChI=1S/C23H40N2OSi2.Pt/c1-6-27(3,4)26-28(5,7-2)20-23-24(21-14-10-8-11-15-21)18-19-25(23)22-16-12-9-13-17-22;/h6-7,18-22H,1-2,8-17H2,3-5H3;. The average Bonchev–Trinajstić information content (AvgIpc) is 3.12. The minimum absolute atomic E-state index is 0. The molecular formula is C23H40N2OPtSi2. The predicted molar refractivity (Wildman–Crippen MR) is 125 cm³/mol. The molecule has 0 radical (unpaired) electrons. The van der Waals surface area contributed by atoms with Crippen molar-refractivity contribution in [3.05, 3.63) is 48.5 Å². The molecule has 3 aliphatic rings. The smallest absolute Gasteiger partial charge is 0.230 e. The molecule has 166 valence electrons. The minimum atomic E-state index is -2.19. The van der Waals surface area contributed by atoms with Crippen LogP contribution in [0.4, 0.5) is 0 Å². The van der Waals surface area contributed by atoms with Crippen LogP contribution in [0.3, 0.4) is 0 Å². The summed E-state index contributed by atoms with van der Waals surface area (Å²) in [4.78, 5) is 5.16. The monoisotopic (exact) mass is 611 g/mol. The topological polar surface area (TPSA) is 15.7 Å². The van der Waals surface area contributed by atoms with E-state index in [0.29, 0.717) is 12.1 Å². The zero-order valence-electron chi connectivity index (χ0n) is 18.6. The van der Waals surface area contributed by atoms with Crippen LogP contribution in [-0.2, 0) is 25.2 Å². The number of hydrogen-bond acceptors (Lipinski definition) is 3. The number of rotatable bonds is 7. The molecule has 3 rings (SSSR count). The van der Waals surface area contributed by atoms with Gasteiger partial charge >= 0.3 is 0 Å². The third-order valence-electron chi connectivity index (χ3n) is 6.65. The molecule has 1 unspecified atom stereocenters. The van der Waals surface area contributed by atoms with E-state index in [2.05, 4.69) is 66.4 Å².